The third kappa shape index (κ3) is 4.11. The lowest BCUT2D eigenvalue weighted by Gasteiger charge is -2.26. The fraction of sp³-hybridized carbons (Fsp3) is 0.471. The molecule has 0 bridgehead atoms. The van der Waals surface area contributed by atoms with Crippen molar-refractivity contribution in [3.05, 3.63) is 46.3 Å². The van der Waals surface area contributed by atoms with Crippen LogP contribution in [0.4, 0.5) is 11.4 Å². The molecule has 0 amide bonds. The van der Waals surface area contributed by atoms with Crippen molar-refractivity contribution in [2.24, 2.45) is 7.05 Å². The first kappa shape index (κ1) is 19.3. The van der Waals surface area contributed by atoms with Crippen LogP contribution in [0.5, 0.6) is 0 Å². The van der Waals surface area contributed by atoms with E-state index in [9.17, 15) is 18.5 Å². The summed E-state index contributed by atoms with van der Waals surface area (Å²) in [7, 11) is -0.191. The van der Waals surface area contributed by atoms with Crippen LogP contribution in [0.15, 0.2) is 35.5 Å². The lowest BCUT2D eigenvalue weighted by Crippen LogP contribution is -2.35. The van der Waals surface area contributed by atoms with E-state index < -0.39 is 14.9 Å². The van der Waals surface area contributed by atoms with Gasteiger partial charge >= 0.3 is 0 Å². The number of nitro benzene ring substituents is 1. The zero-order valence-corrected chi connectivity index (χ0v) is 16.2. The van der Waals surface area contributed by atoms with Crippen LogP contribution in [0, 0.1) is 10.1 Å². The molecule has 27 heavy (non-hydrogen) atoms. The standard InChI is InChI=1S/C17H23N5O4S/c1-19(12-14-11-18-20(2)13-14)16-7-6-15(10-17(16)22(23)24)27(25,26)21-8-4-3-5-9-21/h6-7,10-11,13H,3-5,8-9,12H2,1-2H3. The van der Waals surface area contributed by atoms with Crippen LogP contribution in [-0.4, -0.2) is 47.6 Å². The molecule has 1 aliphatic rings. The largest absolute Gasteiger partial charge is 0.365 e. The molecule has 3 rings (SSSR count). The second-order valence-electron chi connectivity index (χ2n) is 6.75. The van der Waals surface area contributed by atoms with E-state index in [2.05, 4.69) is 5.10 Å². The summed E-state index contributed by atoms with van der Waals surface area (Å²) >= 11 is 0. The van der Waals surface area contributed by atoms with Crippen molar-refractivity contribution in [1.82, 2.24) is 14.1 Å². The topological polar surface area (TPSA) is 102 Å². The Labute approximate surface area is 158 Å². The van der Waals surface area contributed by atoms with E-state index >= 15 is 0 Å². The Bertz CT molecular complexity index is 935. The number of hydrogen-bond donors (Lipinski definition) is 0. The van der Waals surface area contributed by atoms with Gasteiger partial charge in [0.05, 0.1) is 16.0 Å². The SMILES string of the molecule is CN(Cc1cnn(C)c1)c1ccc(S(=O)(=O)N2CCCCC2)cc1[N+](=O)[O-]. The zero-order valence-electron chi connectivity index (χ0n) is 15.4. The molecule has 0 unspecified atom stereocenters. The molecule has 0 saturated carbocycles. The maximum absolute atomic E-state index is 12.8. The lowest BCUT2D eigenvalue weighted by atomic mass is 10.2. The Kier molecular flexibility index (Phi) is 5.47. The van der Waals surface area contributed by atoms with E-state index in [0.29, 0.717) is 25.3 Å². The van der Waals surface area contributed by atoms with Gasteiger partial charge in [0.1, 0.15) is 5.69 Å². The van der Waals surface area contributed by atoms with Gasteiger partial charge in [-0.1, -0.05) is 6.42 Å². The maximum atomic E-state index is 12.8. The number of anilines is 1. The third-order valence-electron chi connectivity index (χ3n) is 4.69. The normalized spacial score (nSPS) is 15.6. The average molecular weight is 393 g/mol. The van der Waals surface area contributed by atoms with Crippen LogP contribution < -0.4 is 4.90 Å². The van der Waals surface area contributed by atoms with Gasteiger partial charge in [-0.3, -0.25) is 14.8 Å². The first-order valence-electron chi connectivity index (χ1n) is 8.76. The zero-order chi connectivity index (χ0) is 19.6. The molecule has 9 nitrogen and oxygen atoms in total. The molecule has 0 atom stereocenters. The van der Waals surface area contributed by atoms with Crippen LogP contribution in [0.3, 0.4) is 0 Å². The molecule has 1 saturated heterocycles. The summed E-state index contributed by atoms with van der Waals surface area (Å²) in [5.41, 5.74) is 1.04. The van der Waals surface area contributed by atoms with Crippen LogP contribution in [0.2, 0.25) is 0 Å². The van der Waals surface area contributed by atoms with E-state index in [1.165, 1.54) is 22.5 Å². The van der Waals surface area contributed by atoms with Gasteiger partial charge in [0.25, 0.3) is 5.69 Å². The molecular formula is C17H23N5O4S. The number of aromatic nitrogens is 2. The number of nitrogens with zero attached hydrogens (tertiary/aromatic N) is 5. The summed E-state index contributed by atoms with van der Waals surface area (Å²) < 4.78 is 28.7. The van der Waals surface area contributed by atoms with Crippen molar-refractivity contribution in [3.8, 4) is 0 Å². The van der Waals surface area contributed by atoms with Crippen molar-refractivity contribution in [3.63, 3.8) is 0 Å². The lowest BCUT2D eigenvalue weighted by molar-refractivity contribution is -0.384. The molecule has 0 spiro atoms. The van der Waals surface area contributed by atoms with E-state index in [4.69, 9.17) is 0 Å². The van der Waals surface area contributed by atoms with Crippen LogP contribution in [0.1, 0.15) is 24.8 Å². The average Bonchev–Trinajstić information content (AvgIpc) is 3.06. The van der Waals surface area contributed by atoms with Gasteiger partial charge in [-0.25, -0.2) is 8.42 Å². The quantitative estimate of drug-likeness (QED) is 0.550. The first-order valence-corrected chi connectivity index (χ1v) is 10.2. The Hall–Kier alpha value is -2.46. The van der Waals surface area contributed by atoms with E-state index in [1.54, 1.807) is 29.9 Å². The van der Waals surface area contributed by atoms with Crippen LogP contribution in [-0.2, 0) is 23.6 Å². The Morgan fingerprint density at radius 1 is 1.26 bits per heavy atom. The van der Waals surface area contributed by atoms with E-state index in [1.807, 2.05) is 6.20 Å². The predicted molar refractivity (Wildman–Crippen MR) is 101 cm³/mol. The number of piperidine rings is 1. The molecule has 1 fully saturated rings. The first-order chi connectivity index (χ1) is 12.8. The van der Waals surface area contributed by atoms with E-state index in [-0.39, 0.29) is 10.6 Å². The van der Waals surface area contributed by atoms with Gasteiger partial charge < -0.3 is 4.90 Å². The number of rotatable bonds is 6. The predicted octanol–water partition coefficient (Wildman–Crippen LogP) is 2.14. The smallest absolute Gasteiger partial charge is 0.293 e. The molecule has 2 heterocycles. The van der Waals surface area contributed by atoms with Crippen molar-refractivity contribution in [2.75, 3.05) is 25.0 Å². The Balaban J connectivity index is 1.91. The molecular weight excluding hydrogens is 370 g/mol. The molecule has 1 aromatic carbocycles. The molecule has 0 aliphatic carbocycles. The minimum absolute atomic E-state index is 0.0328. The van der Waals surface area contributed by atoms with Gasteiger partial charge in [0.2, 0.25) is 10.0 Å². The second-order valence-corrected chi connectivity index (χ2v) is 8.69. The highest BCUT2D eigenvalue weighted by atomic mass is 32.2. The van der Waals surface area contributed by atoms with Gasteiger partial charge in [0.15, 0.2) is 0 Å². The number of nitro groups is 1. The minimum atomic E-state index is -3.72. The number of sulfonamides is 1. The monoisotopic (exact) mass is 393 g/mol. The van der Waals surface area contributed by atoms with Crippen molar-refractivity contribution < 1.29 is 13.3 Å². The summed E-state index contributed by atoms with van der Waals surface area (Å²) in [5, 5.41) is 15.7. The number of benzene rings is 1. The highest BCUT2D eigenvalue weighted by Crippen LogP contribution is 2.32. The minimum Gasteiger partial charge on any atom is -0.365 e. The van der Waals surface area contributed by atoms with Crippen molar-refractivity contribution >= 4 is 21.4 Å². The van der Waals surface area contributed by atoms with E-state index in [0.717, 1.165) is 24.8 Å². The fourth-order valence-electron chi connectivity index (χ4n) is 3.30. The summed E-state index contributed by atoms with van der Waals surface area (Å²) in [6.45, 7) is 1.34. The summed E-state index contributed by atoms with van der Waals surface area (Å²) in [4.78, 5) is 12.7. The third-order valence-corrected chi connectivity index (χ3v) is 6.58. The van der Waals surface area contributed by atoms with Crippen molar-refractivity contribution in [2.45, 2.75) is 30.7 Å². The fourth-order valence-corrected chi connectivity index (χ4v) is 4.84. The van der Waals surface area contributed by atoms with Gasteiger partial charge in [-0.15, -0.1) is 0 Å². The molecule has 10 heteroatoms. The highest BCUT2D eigenvalue weighted by molar-refractivity contribution is 7.89. The molecule has 0 N–H and O–H groups in total. The van der Waals surface area contributed by atoms with Gasteiger partial charge in [-0.05, 0) is 25.0 Å². The summed E-state index contributed by atoms with van der Waals surface area (Å²) in [5.74, 6) is 0. The maximum Gasteiger partial charge on any atom is 0.293 e. The molecule has 1 aliphatic heterocycles. The second kappa shape index (κ2) is 7.65. The summed E-state index contributed by atoms with van der Waals surface area (Å²) in [6.07, 6.45) is 6.15. The number of hydrogen-bond acceptors (Lipinski definition) is 6. The number of aryl methyl sites for hydroxylation is 1. The molecule has 1 aromatic heterocycles. The van der Waals surface area contributed by atoms with Gasteiger partial charge in [-0.2, -0.15) is 9.40 Å². The Morgan fingerprint density at radius 3 is 2.56 bits per heavy atom. The molecule has 146 valence electrons. The molecule has 2 aromatic rings. The van der Waals surface area contributed by atoms with Crippen LogP contribution >= 0.6 is 0 Å². The molecule has 0 radical (unpaired) electrons. The van der Waals surface area contributed by atoms with Gasteiger partial charge in [0, 0.05) is 51.6 Å². The van der Waals surface area contributed by atoms with Crippen molar-refractivity contribution in [1.29, 1.82) is 0 Å². The van der Waals surface area contributed by atoms with Crippen LogP contribution in [0.25, 0.3) is 0 Å². The Morgan fingerprint density at radius 2 is 1.96 bits per heavy atom. The summed E-state index contributed by atoms with van der Waals surface area (Å²) in [6, 6.07) is 4.12. The highest BCUT2D eigenvalue weighted by Gasteiger charge is 2.29.